The van der Waals surface area contributed by atoms with Gasteiger partial charge in [0.05, 0.1) is 0 Å². The number of nitrogens with two attached hydrogens (primary N) is 1. The van der Waals surface area contributed by atoms with Crippen molar-refractivity contribution in [2.75, 3.05) is 0 Å². The zero-order valence-electron chi connectivity index (χ0n) is 8.66. The standard InChI is InChI=1S/C5H11NO2S.C4H10/c1-3(9)2-4(6)5(7)8;1-3-4-2/h3-4,9H,2,6H2,1H3,(H,7,8);3-4H2,1-2H3. The monoisotopic (exact) mass is 207 g/mol. The van der Waals surface area contributed by atoms with Gasteiger partial charge in [0.15, 0.2) is 0 Å². The topological polar surface area (TPSA) is 63.3 Å². The first kappa shape index (κ1) is 15.3. The van der Waals surface area contributed by atoms with Crippen LogP contribution in [0.1, 0.15) is 40.0 Å². The van der Waals surface area contributed by atoms with Crippen LogP contribution in [-0.2, 0) is 4.79 Å². The summed E-state index contributed by atoms with van der Waals surface area (Å²) in [4.78, 5) is 10.1. The predicted molar refractivity (Wildman–Crippen MR) is 59.3 cm³/mol. The SMILES string of the molecule is CC(S)CC(N)C(=O)O.CCCC. The maximum absolute atomic E-state index is 10.1. The van der Waals surface area contributed by atoms with E-state index in [1.54, 1.807) is 0 Å². The summed E-state index contributed by atoms with van der Waals surface area (Å²) in [5.41, 5.74) is 5.17. The van der Waals surface area contributed by atoms with Crippen LogP contribution in [0.4, 0.5) is 0 Å². The first-order valence-electron chi connectivity index (χ1n) is 4.62. The fraction of sp³-hybridized carbons (Fsp3) is 0.889. The van der Waals surface area contributed by atoms with Gasteiger partial charge in [-0.1, -0.05) is 33.6 Å². The molecule has 0 aliphatic rings. The average molecular weight is 207 g/mol. The first-order chi connectivity index (χ1) is 5.95. The van der Waals surface area contributed by atoms with Crippen molar-refractivity contribution in [3.8, 4) is 0 Å². The van der Waals surface area contributed by atoms with Crippen LogP contribution in [0, 0.1) is 0 Å². The maximum Gasteiger partial charge on any atom is 0.320 e. The molecule has 0 spiro atoms. The lowest BCUT2D eigenvalue weighted by atomic mass is 10.2. The Bertz CT molecular complexity index is 127. The van der Waals surface area contributed by atoms with E-state index in [9.17, 15) is 4.79 Å². The Morgan fingerprint density at radius 3 is 1.92 bits per heavy atom. The van der Waals surface area contributed by atoms with Crippen LogP contribution in [0.5, 0.6) is 0 Å². The third kappa shape index (κ3) is 14.6. The molecule has 13 heavy (non-hydrogen) atoms. The summed E-state index contributed by atoms with van der Waals surface area (Å²) in [5, 5.41) is 8.32. The smallest absolute Gasteiger partial charge is 0.320 e. The second-order valence-electron chi connectivity index (χ2n) is 3.03. The van der Waals surface area contributed by atoms with E-state index in [0.29, 0.717) is 6.42 Å². The minimum Gasteiger partial charge on any atom is -0.480 e. The minimum absolute atomic E-state index is 0.0519. The highest BCUT2D eigenvalue weighted by atomic mass is 32.1. The van der Waals surface area contributed by atoms with Gasteiger partial charge in [-0.2, -0.15) is 12.6 Å². The molecule has 0 aliphatic heterocycles. The van der Waals surface area contributed by atoms with E-state index in [-0.39, 0.29) is 5.25 Å². The summed E-state index contributed by atoms with van der Waals surface area (Å²) in [5.74, 6) is -0.962. The molecule has 0 saturated carbocycles. The Balaban J connectivity index is 0. The lowest BCUT2D eigenvalue weighted by molar-refractivity contribution is -0.138. The zero-order valence-corrected chi connectivity index (χ0v) is 9.55. The van der Waals surface area contributed by atoms with Gasteiger partial charge in [-0.15, -0.1) is 0 Å². The van der Waals surface area contributed by atoms with Crippen molar-refractivity contribution >= 4 is 18.6 Å². The van der Waals surface area contributed by atoms with Crippen LogP contribution in [0.3, 0.4) is 0 Å². The van der Waals surface area contributed by atoms with Crippen molar-refractivity contribution in [2.45, 2.75) is 51.3 Å². The van der Waals surface area contributed by atoms with Gasteiger partial charge in [-0.3, -0.25) is 4.79 Å². The van der Waals surface area contributed by atoms with Gasteiger partial charge in [0.1, 0.15) is 6.04 Å². The number of aliphatic carboxylic acids is 1. The summed E-state index contributed by atoms with van der Waals surface area (Å²) >= 11 is 3.99. The molecule has 4 heteroatoms. The van der Waals surface area contributed by atoms with Crippen molar-refractivity contribution in [2.24, 2.45) is 5.73 Å². The molecule has 0 aromatic carbocycles. The Hall–Kier alpha value is -0.220. The fourth-order valence-corrected chi connectivity index (χ4v) is 0.695. The zero-order chi connectivity index (χ0) is 10.9. The van der Waals surface area contributed by atoms with Crippen molar-refractivity contribution in [1.29, 1.82) is 0 Å². The molecule has 2 atom stereocenters. The van der Waals surface area contributed by atoms with Gasteiger partial charge >= 0.3 is 5.97 Å². The number of hydrogen-bond acceptors (Lipinski definition) is 3. The molecule has 0 rings (SSSR count). The Kier molecular flexibility index (Phi) is 11.6. The number of carboxylic acid groups (broad SMARTS) is 1. The molecule has 0 aromatic rings. The van der Waals surface area contributed by atoms with E-state index < -0.39 is 12.0 Å². The van der Waals surface area contributed by atoms with E-state index in [0.717, 1.165) is 0 Å². The van der Waals surface area contributed by atoms with Crippen LogP contribution in [0.2, 0.25) is 0 Å². The van der Waals surface area contributed by atoms with Gasteiger partial charge in [-0.25, -0.2) is 0 Å². The van der Waals surface area contributed by atoms with E-state index in [4.69, 9.17) is 10.8 Å². The molecular weight excluding hydrogens is 186 g/mol. The summed E-state index contributed by atoms with van der Waals surface area (Å²) < 4.78 is 0. The van der Waals surface area contributed by atoms with Gasteiger partial charge in [0.2, 0.25) is 0 Å². The maximum atomic E-state index is 10.1. The molecule has 2 unspecified atom stereocenters. The third-order valence-electron chi connectivity index (χ3n) is 1.41. The molecule has 0 aromatic heterocycles. The Morgan fingerprint density at radius 2 is 1.85 bits per heavy atom. The fourth-order valence-electron chi connectivity index (χ4n) is 0.468. The van der Waals surface area contributed by atoms with Crippen molar-refractivity contribution in [1.82, 2.24) is 0 Å². The third-order valence-corrected chi connectivity index (χ3v) is 1.62. The summed E-state index contributed by atoms with van der Waals surface area (Å²) in [6.07, 6.45) is 3.05. The predicted octanol–water partition coefficient (Wildman–Crippen LogP) is 1.91. The Morgan fingerprint density at radius 1 is 1.46 bits per heavy atom. The minimum atomic E-state index is -0.962. The summed E-state index contributed by atoms with van der Waals surface area (Å²) in [6.45, 7) is 6.17. The quantitative estimate of drug-likeness (QED) is 0.617. The van der Waals surface area contributed by atoms with Crippen molar-refractivity contribution in [3.05, 3.63) is 0 Å². The highest BCUT2D eigenvalue weighted by molar-refractivity contribution is 7.80. The van der Waals surface area contributed by atoms with Crippen LogP contribution in [0.25, 0.3) is 0 Å². The van der Waals surface area contributed by atoms with Crippen LogP contribution in [0.15, 0.2) is 0 Å². The van der Waals surface area contributed by atoms with Crippen molar-refractivity contribution < 1.29 is 9.90 Å². The molecule has 80 valence electrons. The van der Waals surface area contributed by atoms with Gasteiger partial charge in [0, 0.05) is 5.25 Å². The number of thiol groups is 1. The van der Waals surface area contributed by atoms with Crippen LogP contribution >= 0.6 is 12.6 Å². The highest BCUT2D eigenvalue weighted by Gasteiger charge is 2.12. The van der Waals surface area contributed by atoms with Gasteiger partial charge in [0.25, 0.3) is 0 Å². The molecule has 0 heterocycles. The normalized spacial score (nSPS) is 13.9. The van der Waals surface area contributed by atoms with E-state index in [2.05, 4.69) is 26.5 Å². The number of hydrogen-bond donors (Lipinski definition) is 3. The molecule has 0 amide bonds. The van der Waals surface area contributed by atoms with E-state index >= 15 is 0 Å². The molecule has 0 radical (unpaired) electrons. The number of rotatable bonds is 4. The molecule has 0 saturated heterocycles. The lowest BCUT2D eigenvalue weighted by Gasteiger charge is -2.06. The molecule has 0 aliphatic carbocycles. The second-order valence-corrected chi connectivity index (χ2v) is 3.91. The van der Waals surface area contributed by atoms with E-state index in [1.807, 2.05) is 6.92 Å². The molecule has 0 fully saturated rings. The first-order valence-corrected chi connectivity index (χ1v) is 5.13. The number of unbranched alkanes of at least 4 members (excludes halogenated alkanes) is 1. The number of carboxylic acids is 1. The largest absolute Gasteiger partial charge is 0.480 e. The second kappa shape index (κ2) is 9.86. The lowest BCUT2D eigenvalue weighted by Crippen LogP contribution is -2.31. The summed E-state index contributed by atoms with van der Waals surface area (Å²) in [7, 11) is 0. The molecule has 0 bridgehead atoms. The van der Waals surface area contributed by atoms with Crippen LogP contribution in [-0.4, -0.2) is 22.4 Å². The molecular formula is C9H21NO2S. The average Bonchev–Trinajstić information content (AvgIpc) is 2.03. The Labute approximate surface area is 86.1 Å². The molecule has 3 nitrogen and oxygen atoms in total. The summed E-state index contributed by atoms with van der Waals surface area (Å²) in [6, 6.07) is -0.766. The van der Waals surface area contributed by atoms with Gasteiger partial charge in [-0.05, 0) is 6.42 Å². The molecule has 3 N–H and O–H groups in total. The number of carbonyl (C=O) groups is 1. The van der Waals surface area contributed by atoms with Crippen LogP contribution < -0.4 is 5.73 Å². The highest BCUT2D eigenvalue weighted by Crippen LogP contribution is 2.01. The van der Waals surface area contributed by atoms with Crippen molar-refractivity contribution in [3.63, 3.8) is 0 Å². The van der Waals surface area contributed by atoms with E-state index in [1.165, 1.54) is 12.8 Å². The van der Waals surface area contributed by atoms with Gasteiger partial charge < -0.3 is 10.8 Å².